The van der Waals surface area contributed by atoms with Gasteiger partial charge < -0.3 is 40.5 Å². The Morgan fingerprint density at radius 3 is 2.33 bits per heavy atom. The summed E-state index contributed by atoms with van der Waals surface area (Å²) >= 11 is 0. The molecule has 1 fully saturated rings. The number of halogens is 3. The summed E-state index contributed by atoms with van der Waals surface area (Å²) in [5.74, 6) is -1.66. The summed E-state index contributed by atoms with van der Waals surface area (Å²) < 4.78 is 78.0. The Balaban J connectivity index is 0.950. The van der Waals surface area contributed by atoms with Gasteiger partial charge in [-0.15, -0.1) is 5.10 Å². The van der Waals surface area contributed by atoms with Crippen LogP contribution in [0.3, 0.4) is 0 Å². The van der Waals surface area contributed by atoms with Crippen LogP contribution in [0.1, 0.15) is 53.7 Å². The van der Waals surface area contributed by atoms with Crippen molar-refractivity contribution < 1.29 is 51.2 Å². The molecule has 2 aromatic heterocycles. The molecule has 0 bridgehead atoms. The van der Waals surface area contributed by atoms with E-state index in [1.165, 1.54) is 42.4 Å². The molecule has 2 amide bonds. The largest absolute Gasteiger partial charge is 0.508 e. The Morgan fingerprint density at radius 1 is 0.896 bits per heavy atom. The fourth-order valence-corrected chi connectivity index (χ4v) is 9.18. The predicted octanol–water partition coefficient (Wildman–Crippen LogP) is 6.79. The summed E-state index contributed by atoms with van der Waals surface area (Å²) in [7, 11) is -2.47. The lowest BCUT2D eigenvalue weighted by atomic mass is 9.95. The number of para-hydroxylation sites is 1. The van der Waals surface area contributed by atoms with Gasteiger partial charge in [-0.25, -0.2) is 22.3 Å². The number of rotatable bonds is 12. The molecular weight excluding hydrogens is 898 g/mol. The van der Waals surface area contributed by atoms with Crippen LogP contribution in [0.25, 0.3) is 17.1 Å². The molecule has 2 aliphatic rings. The van der Waals surface area contributed by atoms with E-state index >= 15 is 0 Å². The topological polar surface area (TPSA) is 228 Å². The van der Waals surface area contributed by atoms with Crippen LogP contribution in [0.5, 0.6) is 23.3 Å². The Labute approximate surface area is 382 Å². The summed E-state index contributed by atoms with van der Waals surface area (Å²) in [6.07, 6.45) is -1.29. The quantitative estimate of drug-likeness (QED) is 0.0852. The van der Waals surface area contributed by atoms with Crippen LogP contribution in [0.4, 0.5) is 47.7 Å². The lowest BCUT2D eigenvalue weighted by Gasteiger charge is -2.33. The summed E-state index contributed by atoms with van der Waals surface area (Å²) in [6, 6.07) is 16.8. The number of carbonyl (C=O) groups is 2. The van der Waals surface area contributed by atoms with Crippen LogP contribution in [-0.2, 0) is 34.0 Å². The average Bonchev–Trinajstić information content (AvgIpc) is 3.64. The van der Waals surface area contributed by atoms with Crippen LogP contribution in [0, 0.1) is 5.92 Å². The third kappa shape index (κ3) is 9.03. The van der Waals surface area contributed by atoms with E-state index in [1.807, 2.05) is 19.1 Å². The zero-order chi connectivity index (χ0) is 47.9. The fourth-order valence-electron chi connectivity index (χ4n) is 8.21. The van der Waals surface area contributed by atoms with E-state index in [0.717, 1.165) is 32.9 Å². The Hall–Kier alpha value is -7.62. The molecule has 0 spiro atoms. The van der Waals surface area contributed by atoms with Crippen LogP contribution in [0.15, 0.2) is 79.0 Å². The molecule has 4 aromatic carbocycles. The predicted molar refractivity (Wildman–Crippen MR) is 242 cm³/mol. The van der Waals surface area contributed by atoms with Crippen molar-refractivity contribution in [1.82, 2.24) is 30.0 Å². The summed E-state index contributed by atoms with van der Waals surface area (Å²) in [5, 5.41) is 44.6. The van der Waals surface area contributed by atoms with Gasteiger partial charge in [-0.05, 0) is 79.8 Å². The lowest BCUT2D eigenvalue weighted by Crippen LogP contribution is -2.40. The Kier molecular flexibility index (Phi) is 12.3. The van der Waals surface area contributed by atoms with E-state index in [4.69, 9.17) is 4.74 Å². The van der Waals surface area contributed by atoms with E-state index in [0.29, 0.717) is 56.0 Å². The molecular formula is C45H45F3N10O8S. The molecule has 350 valence electrons. The minimum atomic E-state index is -4.86. The first kappa shape index (κ1) is 45.9. The SMILES string of the molecule is CCOc1cc(N2CCC(C(=O)NCc3ccc(-n4c(O)nnc4-c4cc(CC)c(O)cc4O)cc3C(F)(F)F)CC2)ccc1Nc1ncc2c(n1)N(S(C)(=O)=O)c1ccccc1C(=O)N2C. The number of anilines is 6. The van der Waals surface area contributed by atoms with Crippen molar-refractivity contribution in [3.05, 3.63) is 101 Å². The first-order chi connectivity index (χ1) is 31.9. The molecule has 67 heavy (non-hydrogen) atoms. The zero-order valence-electron chi connectivity index (χ0n) is 36.5. The highest BCUT2D eigenvalue weighted by Gasteiger charge is 2.37. The maximum Gasteiger partial charge on any atom is 0.416 e. The fraction of sp³-hybridized carbons (Fsp3) is 0.289. The molecule has 0 atom stereocenters. The van der Waals surface area contributed by atoms with Gasteiger partial charge in [0.15, 0.2) is 11.6 Å². The molecule has 1 saturated heterocycles. The van der Waals surface area contributed by atoms with Crippen molar-refractivity contribution in [3.63, 3.8) is 0 Å². The summed E-state index contributed by atoms with van der Waals surface area (Å²) in [6.45, 7) is 4.33. The van der Waals surface area contributed by atoms with Gasteiger partial charge in [0.2, 0.25) is 21.9 Å². The smallest absolute Gasteiger partial charge is 0.416 e. The first-order valence-electron chi connectivity index (χ1n) is 21.1. The number of benzene rings is 4. The van der Waals surface area contributed by atoms with Crippen LogP contribution in [0.2, 0.25) is 0 Å². The maximum atomic E-state index is 14.6. The van der Waals surface area contributed by atoms with Gasteiger partial charge >= 0.3 is 12.2 Å². The number of aromatic nitrogens is 5. The molecule has 8 rings (SSSR count). The van der Waals surface area contributed by atoms with E-state index in [-0.39, 0.29) is 57.1 Å². The molecule has 6 aromatic rings. The van der Waals surface area contributed by atoms with Crippen molar-refractivity contribution in [3.8, 4) is 40.3 Å². The van der Waals surface area contributed by atoms with Gasteiger partial charge in [0.25, 0.3) is 5.91 Å². The molecule has 5 N–H and O–H groups in total. The van der Waals surface area contributed by atoms with Gasteiger partial charge in [-0.2, -0.15) is 18.2 Å². The minimum Gasteiger partial charge on any atom is -0.508 e. The minimum absolute atomic E-state index is 0.0280. The molecule has 18 nitrogen and oxygen atoms in total. The van der Waals surface area contributed by atoms with Gasteiger partial charge in [0, 0.05) is 50.4 Å². The highest BCUT2D eigenvalue weighted by atomic mass is 32.2. The van der Waals surface area contributed by atoms with Gasteiger partial charge in [-0.1, -0.05) is 30.2 Å². The number of hydrogen-bond acceptors (Lipinski definition) is 14. The second-order valence-corrected chi connectivity index (χ2v) is 17.7. The summed E-state index contributed by atoms with van der Waals surface area (Å²) in [5.41, 5.74) is 0.766. The van der Waals surface area contributed by atoms with E-state index < -0.39 is 57.8 Å². The van der Waals surface area contributed by atoms with Gasteiger partial charge in [-0.3, -0.25) is 9.59 Å². The number of fused-ring (bicyclic) bond motifs is 2. The van der Waals surface area contributed by atoms with Gasteiger partial charge in [0.1, 0.15) is 22.9 Å². The highest BCUT2D eigenvalue weighted by molar-refractivity contribution is 7.92. The zero-order valence-corrected chi connectivity index (χ0v) is 37.4. The molecule has 0 radical (unpaired) electrons. The average molecular weight is 943 g/mol. The standard InChI is InChI=1S/C45H45F3N10O8S/c1-5-25-19-31(37(60)22-36(25)59)39-53-54-44(63)57(39)29-12-11-27(32(20-29)45(46,47)48)23-49-41(61)26-15-17-56(18-16-26)28-13-14-33(38(21-28)66-6-2)51-43-50-24-35-40(52-43)58(67(4,64)65)34-10-8-7-9-30(34)42(62)55(35)3/h7-14,19-22,24,26,59-60H,5-6,15-18,23H2,1-4H3,(H,49,61)(H,54,63)(H,50,51,52). The lowest BCUT2D eigenvalue weighted by molar-refractivity contribution is -0.138. The number of ether oxygens (including phenoxy) is 1. The number of amides is 2. The number of nitrogens with zero attached hydrogens (tertiary/aromatic N) is 8. The number of aryl methyl sites for hydroxylation is 1. The first-order valence-corrected chi connectivity index (χ1v) is 22.9. The van der Waals surface area contributed by atoms with Crippen molar-refractivity contribution in [2.75, 3.05) is 52.4 Å². The van der Waals surface area contributed by atoms with Crippen LogP contribution >= 0.6 is 0 Å². The van der Waals surface area contributed by atoms with Gasteiger partial charge in [0.05, 0.1) is 52.8 Å². The highest BCUT2D eigenvalue weighted by Crippen LogP contribution is 2.43. The molecule has 2 aliphatic heterocycles. The molecule has 22 heteroatoms. The summed E-state index contributed by atoms with van der Waals surface area (Å²) in [4.78, 5) is 39.1. The van der Waals surface area contributed by atoms with E-state index in [2.05, 4.69) is 35.7 Å². The third-order valence-electron chi connectivity index (χ3n) is 11.6. The van der Waals surface area contributed by atoms with E-state index in [9.17, 15) is 46.5 Å². The second-order valence-electron chi connectivity index (χ2n) is 15.9. The van der Waals surface area contributed by atoms with Crippen LogP contribution in [-0.4, -0.2) is 93.3 Å². The second kappa shape index (κ2) is 18.0. The number of carbonyl (C=O) groups excluding carboxylic acids is 2. The number of hydrogen-bond donors (Lipinski definition) is 5. The number of sulfonamides is 1. The molecule has 0 saturated carbocycles. The number of piperidine rings is 1. The number of nitrogens with one attached hydrogen (secondary N) is 2. The van der Waals surface area contributed by atoms with Crippen molar-refractivity contribution in [2.45, 2.75) is 45.8 Å². The normalized spacial score (nSPS) is 14.4. The molecule has 4 heterocycles. The Morgan fingerprint density at radius 2 is 1.63 bits per heavy atom. The van der Waals surface area contributed by atoms with Crippen molar-refractivity contribution in [2.24, 2.45) is 5.92 Å². The van der Waals surface area contributed by atoms with Crippen molar-refractivity contribution in [1.29, 1.82) is 0 Å². The number of aromatic hydroxyl groups is 3. The van der Waals surface area contributed by atoms with E-state index in [1.54, 1.807) is 31.2 Å². The van der Waals surface area contributed by atoms with Crippen molar-refractivity contribution >= 4 is 56.4 Å². The Bertz CT molecular complexity index is 3010. The number of alkyl halides is 3. The molecule has 0 unspecified atom stereocenters. The monoisotopic (exact) mass is 942 g/mol. The third-order valence-corrected chi connectivity index (χ3v) is 12.6. The molecule has 0 aliphatic carbocycles. The maximum absolute atomic E-state index is 14.6. The number of phenolic OH excluding ortho intramolecular Hbond substituents is 2. The number of phenols is 2. The van der Waals surface area contributed by atoms with Crippen LogP contribution < -0.4 is 29.5 Å².